The predicted octanol–water partition coefficient (Wildman–Crippen LogP) is 3.38. The van der Waals surface area contributed by atoms with E-state index in [-0.39, 0.29) is 6.09 Å². The van der Waals surface area contributed by atoms with Gasteiger partial charge >= 0.3 is 6.09 Å². The number of piperidine rings is 1. The second-order valence-corrected chi connectivity index (χ2v) is 8.95. The van der Waals surface area contributed by atoms with Crippen molar-refractivity contribution in [3.63, 3.8) is 0 Å². The third-order valence-corrected chi connectivity index (χ3v) is 5.75. The normalized spacial score (nSPS) is 23.2. The van der Waals surface area contributed by atoms with Gasteiger partial charge in [0.15, 0.2) is 5.96 Å². The molecule has 0 radical (unpaired) electrons. The summed E-state index contributed by atoms with van der Waals surface area (Å²) in [6.45, 7) is 11.4. The van der Waals surface area contributed by atoms with Crippen LogP contribution in [0.25, 0.3) is 0 Å². The zero-order valence-electron chi connectivity index (χ0n) is 17.4. The molecule has 1 heterocycles. The van der Waals surface area contributed by atoms with Crippen molar-refractivity contribution in [2.24, 2.45) is 16.3 Å². The number of likely N-dealkylation sites (tertiary alicyclic amines) is 1. The topological polar surface area (TPSA) is 66.0 Å². The predicted molar refractivity (Wildman–Crippen MR) is 106 cm³/mol. The van der Waals surface area contributed by atoms with E-state index in [0.29, 0.717) is 11.3 Å². The third-order valence-electron chi connectivity index (χ3n) is 5.75. The van der Waals surface area contributed by atoms with Gasteiger partial charge in [0.25, 0.3) is 0 Å². The number of nitrogens with zero attached hydrogens (tertiary/aromatic N) is 2. The summed E-state index contributed by atoms with van der Waals surface area (Å²) in [7, 11) is 1.82. The van der Waals surface area contributed by atoms with Crippen LogP contribution in [0.5, 0.6) is 0 Å². The van der Waals surface area contributed by atoms with Gasteiger partial charge in [0.1, 0.15) is 5.60 Å². The van der Waals surface area contributed by atoms with Gasteiger partial charge in [0.05, 0.1) is 0 Å². The van der Waals surface area contributed by atoms with Crippen LogP contribution in [0.1, 0.15) is 66.2 Å². The van der Waals surface area contributed by atoms with Gasteiger partial charge in [0.2, 0.25) is 0 Å². The van der Waals surface area contributed by atoms with Crippen molar-refractivity contribution in [1.82, 2.24) is 15.5 Å². The molecule has 2 rings (SSSR count). The Bertz CT molecular complexity index is 489. The maximum absolute atomic E-state index is 12.3. The summed E-state index contributed by atoms with van der Waals surface area (Å²) in [4.78, 5) is 18.5. The minimum absolute atomic E-state index is 0.195. The minimum atomic E-state index is -0.439. The lowest BCUT2D eigenvalue weighted by Crippen LogP contribution is -2.49. The second-order valence-electron chi connectivity index (χ2n) is 8.95. The van der Waals surface area contributed by atoms with E-state index in [1.54, 1.807) is 0 Å². The summed E-state index contributed by atoms with van der Waals surface area (Å²) in [5, 5.41) is 6.95. The van der Waals surface area contributed by atoms with E-state index in [1.165, 1.54) is 25.7 Å². The molecule has 1 atom stereocenters. The van der Waals surface area contributed by atoms with Crippen molar-refractivity contribution < 1.29 is 9.53 Å². The van der Waals surface area contributed by atoms with Crippen LogP contribution in [0.3, 0.4) is 0 Å². The van der Waals surface area contributed by atoms with Gasteiger partial charge in [-0.1, -0.05) is 13.3 Å². The summed E-state index contributed by atoms with van der Waals surface area (Å²) < 4.78 is 5.51. The van der Waals surface area contributed by atoms with Gasteiger partial charge < -0.3 is 20.3 Å². The molecular weight excluding hydrogens is 328 g/mol. The standard InChI is InChI=1S/C20H38N4O2/c1-6-20(10-8-11-20)15-23-17(21-5)22-13-16-9-7-12-24(14-16)18(25)26-19(2,3)4/h16H,6-15H2,1-5H3,(H2,21,22,23). The molecule has 0 spiro atoms. The Hall–Kier alpha value is -1.46. The number of carbonyl (C=O) groups is 1. The number of aliphatic imine (C=N–C) groups is 1. The fourth-order valence-electron chi connectivity index (χ4n) is 3.79. The van der Waals surface area contributed by atoms with Crippen LogP contribution in [-0.4, -0.2) is 55.8 Å². The van der Waals surface area contributed by atoms with Crippen LogP contribution >= 0.6 is 0 Å². The smallest absolute Gasteiger partial charge is 0.410 e. The molecule has 2 N–H and O–H groups in total. The highest BCUT2D eigenvalue weighted by Gasteiger charge is 2.35. The van der Waals surface area contributed by atoms with Crippen LogP contribution in [0.4, 0.5) is 4.79 Å². The van der Waals surface area contributed by atoms with Crippen molar-refractivity contribution in [3.05, 3.63) is 0 Å². The first-order valence-corrected chi connectivity index (χ1v) is 10.2. The zero-order chi connectivity index (χ0) is 19.2. The van der Waals surface area contributed by atoms with E-state index < -0.39 is 5.60 Å². The molecule has 0 aromatic carbocycles. The lowest BCUT2D eigenvalue weighted by atomic mass is 9.67. The molecule has 1 unspecified atom stereocenters. The summed E-state index contributed by atoms with van der Waals surface area (Å²) >= 11 is 0. The van der Waals surface area contributed by atoms with Crippen LogP contribution in [0.2, 0.25) is 0 Å². The lowest BCUT2D eigenvalue weighted by Gasteiger charge is -2.41. The minimum Gasteiger partial charge on any atom is -0.444 e. The Balaban J connectivity index is 1.75. The molecule has 1 saturated heterocycles. The Labute approximate surface area is 159 Å². The first kappa shape index (κ1) is 20.8. The van der Waals surface area contributed by atoms with E-state index in [9.17, 15) is 4.79 Å². The molecule has 6 nitrogen and oxygen atoms in total. The number of amides is 1. The van der Waals surface area contributed by atoms with Gasteiger partial charge in [-0.05, 0) is 64.2 Å². The van der Waals surface area contributed by atoms with Crippen molar-refractivity contribution in [2.75, 3.05) is 33.2 Å². The number of nitrogens with one attached hydrogen (secondary N) is 2. The maximum atomic E-state index is 12.3. The Morgan fingerprint density at radius 1 is 1.27 bits per heavy atom. The molecule has 1 saturated carbocycles. The molecule has 1 amide bonds. The van der Waals surface area contributed by atoms with Crippen molar-refractivity contribution in [2.45, 2.75) is 71.8 Å². The van der Waals surface area contributed by atoms with Crippen molar-refractivity contribution in [3.8, 4) is 0 Å². The number of guanidine groups is 1. The molecule has 6 heteroatoms. The molecule has 0 bridgehead atoms. The maximum Gasteiger partial charge on any atom is 0.410 e. The molecular formula is C20H38N4O2. The van der Waals surface area contributed by atoms with E-state index in [2.05, 4.69) is 22.5 Å². The van der Waals surface area contributed by atoms with E-state index >= 15 is 0 Å². The quantitative estimate of drug-likeness (QED) is 0.578. The molecule has 0 aromatic heterocycles. The lowest BCUT2D eigenvalue weighted by molar-refractivity contribution is 0.0168. The Kier molecular flexibility index (Phi) is 7.18. The monoisotopic (exact) mass is 366 g/mol. The Morgan fingerprint density at radius 2 is 2.00 bits per heavy atom. The molecule has 2 fully saturated rings. The van der Waals surface area contributed by atoms with Crippen LogP contribution in [-0.2, 0) is 4.74 Å². The average molecular weight is 367 g/mol. The molecule has 2 aliphatic rings. The summed E-state index contributed by atoms with van der Waals surface area (Å²) in [5.41, 5.74) is 0.0287. The van der Waals surface area contributed by atoms with Crippen LogP contribution in [0, 0.1) is 11.3 Å². The van der Waals surface area contributed by atoms with Gasteiger partial charge in [-0.25, -0.2) is 4.79 Å². The van der Waals surface area contributed by atoms with Gasteiger partial charge in [-0.15, -0.1) is 0 Å². The van der Waals surface area contributed by atoms with E-state index in [4.69, 9.17) is 4.74 Å². The molecule has 150 valence electrons. The third kappa shape index (κ3) is 6.06. The average Bonchev–Trinajstić information content (AvgIpc) is 2.55. The molecule has 26 heavy (non-hydrogen) atoms. The summed E-state index contributed by atoms with van der Waals surface area (Å²) in [6.07, 6.45) is 7.18. The highest BCUT2D eigenvalue weighted by Crippen LogP contribution is 2.42. The van der Waals surface area contributed by atoms with Gasteiger partial charge in [-0.3, -0.25) is 4.99 Å². The largest absolute Gasteiger partial charge is 0.444 e. The fourth-order valence-corrected chi connectivity index (χ4v) is 3.79. The van der Waals surface area contributed by atoms with E-state index in [0.717, 1.165) is 45.0 Å². The van der Waals surface area contributed by atoms with Crippen molar-refractivity contribution in [1.29, 1.82) is 0 Å². The number of rotatable bonds is 5. The summed E-state index contributed by atoms with van der Waals surface area (Å²) in [5.74, 6) is 1.30. The molecule has 0 aromatic rings. The highest BCUT2D eigenvalue weighted by atomic mass is 16.6. The number of hydrogen-bond acceptors (Lipinski definition) is 3. The number of hydrogen-bond donors (Lipinski definition) is 2. The first-order chi connectivity index (χ1) is 12.3. The zero-order valence-corrected chi connectivity index (χ0v) is 17.4. The molecule has 1 aliphatic carbocycles. The van der Waals surface area contributed by atoms with Gasteiger partial charge in [-0.2, -0.15) is 0 Å². The second kappa shape index (κ2) is 8.96. The highest BCUT2D eigenvalue weighted by molar-refractivity contribution is 5.79. The number of ether oxygens (including phenoxy) is 1. The van der Waals surface area contributed by atoms with Crippen LogP contribution < -0.4 is 10.6 Å². The van der Waals surface area contributed by atoms with Crippen molar-refractivity contribution >= 4 is 12.1 Å². The Morgan fingerprint density at radius 3 is 2.54 bits per heavy atom. The first-order valence-electron chi connectivity index (χ1n) is 10.2. The summed E-state index contributed by atoms with van der Waals surface area (Å²) in [6, 6.07) is 0. The van der Waals surface area contributed by atoms with Crippen LogP contribution in [0.15, 0.2) is 4.99 Å². The number of carbonyl (C=O) groups excluding carboxylic acids is 1. The van der Waals surface area contributed by atoms with E-state index in [1.807, 2.05) is 32.7 Å². The van der Waals surface area contributed by atoms with Gasteiger partial charge in [0, 0.05) is 33.2 Å². The SMILES string of the molecule is CCC1(CNC(=NC)NCC2CCCN(C(=O)OC(C)(C)C)C2)CCC1. The fraction of sp³-hybridized carbons (Fsp3) is 0.900. The molecule has 1 aliphatic heterocycles.